The molecule has 0 saturated heterocycles. The molecule has 2 aromatic carbocycles. The van der Waals surface area contributed by atoms with Crippen LogP contribution in [0.3, 0.4) is 0 Å². The maximum atomic E-state index is 8.95. The van der Waals surface area contributed by atoms with Gasteiger partial charge in [-0.25, -0.2) is 4.98 Å². The lowest BCUT2D eigenvalue weighted by molar-refractivity contribution is 0.292. The zero-order valence-electron chi connectivity index (χ0n) is 16.4. The minimum atomic E-state index is 0.147. The number of aliphatic hydroxyl groups is 1. The molecule has 6 heteroatoms. The van der Waals surface area contributed by atoms with E-state index >= 15 is 0 Å². The maximum absolute atomic E-state index is 8.95. The fraction of sp³-hybridized carbons (Fsp3) is 0.125. The summed E-state index contributed by atoms with van der Waals surface area (Å²) in [5, 5.41) is 18.1. The van der Waals surface area contributed by atoms with Crippen LogP contribution in [0.1, 0.15) is 5.56 Å². The molecule has 5 nitrogen and oxygen atoms in total. The zero-order chi connectivity index (χ0) is 20.3. The van der Waals surface area contributed by atoms with Crippen LogP contribution < -0.4 is 10.6 Å². The van der Waals surface area contributed by atoms with E-state index in [2.05, 4.69) is 75.2 Å². The summed E-state index contributed by atoms with van der Waals surface area (Å²) in [5.41, 5.74) is 5.62. The molecule has 0 unspecified atom stereocenters. The predicted octanol–water partition coefficient (Wildman–Crippen LogP) is 5.27. The highest BCUT2D eigenvalue weighted by Gasteiger charge is 2.10. The Morgan fingerprint density at radius 2 is 2.00 bits per heavy atom. The Morgan fingerprint density at radius 1 is 1.03 bits per heavy atom. The number of thiophene rings is 1. The second-order valence-corrected chi connectivity index (χ2v) is 8.22. The van der Waals surface area contributed by atoms with Crippen LogP contribution in [0.4, 0.5) is 11.4 Å². The molecule has 3 heterocycles. The van der Waals surface area contributed by atoms with E-state index in [0.717, 1.165) is 33.7 Å². The number of benzene rings is 2. The largest absolute Gasteiger partial charge is 0.395 e. The van der Waals surface area contributed by atoms with Crippen molar-refractivity contribution in [2.75, 3.05) is 18.5 Å². The van der Waals surface area contributed by atoms with Crippen LogP contribution >= 0.6 is 11.3 Å². The third-order valence-corrected chi connectivity index (χ3v) is 6.19. The van der Waals surface area contributed by atoms with Crippen LogP contribution in [0.25, 0.3) is 31.6 Å². The van der Waals surface area contributed by atoms with Gasteiger partial charge in [-0.1, -0.05) is 18.2 Å². The average molecular weight is 415 g/mol. The van der Waals surface area contributed by atoms with Gasteiger partial charge < -0.3 is 20.7 Å². The number of anilines is 2. The molecule has 0 fully saturated rings. The van der Waals surface area contributed by atoms with E-state index in [4.69, 9.17) is 5.11 Å². The number of aromatic nitrogens is 2. The van der Waals surface area contributed by atoms with Crippen molar-refractivity contribution in [3.05, 3.63) is 78.6 Å². The average Bonchev–Trinajstić information content (AvgIpc) is 3.41. The van der Waals surface area contributed by atoms with E-state index in [1.54, 1.807) is 11.3 Å². The van der Waals surface area contributed by atoms with Gasteiger partial charge in [0.1, 0.15) is 4.83 Å². The number of nitrogens with zero attached hydrogens (tertiary/aromatic N) is 1. The van der Waals surface area contributed by atoms with Crippen molar-refractivity contribution < 1.29 is 5.11 Å². The smallest absolute Gasteiger partial charge is 0.125 e. The summed E-state index contributed by atoms with van der Waals surface area (Å²) < 4.78 is 0. The number of pyridine rings is 1. The number of fused-ring (bicyclic) bond motifs is 2. The molecule has 150 valence electrons. The van der Waals surface area contributed by atoms with Crippen molar-refractivity contribution in [1.29, 1.82) is 0 Å². The Labute approximate surface area is 178 Å². The van der Waals surface area contributed by atoms with E-state index in [9.17, 15) is 0 Å². The maximum Gasteiger partial charge on any atom is 0.125 e. The molecular weight excluding hydrogens is 392 g/mol. The van der Waals surface area contributed by atoms with Crippen molar-refractivity contribution >= 4 is 43.8 Å². The number of aliphatic hydroxyl groups excluding tert-OH is 1. The number of rotatable bonds is 7. The molecular formula is C24H22N4OS. The second kappa shape index (κ2) is 8.28. The van der Waals surface area contributed by atoms with Crippen LogP contribution in [-0.2, 0) is 6.54 Å². The van der Waals surface area contributed by atoms with Gasteiger partial charge in [-0.2, -0.15) is 0 Å². The highest BCUT2D eigenvalue weighted by molar-refractivity contribution is 7.21. The Bertz CT molecular complexity index is 1310. The molecule has 0 saturated carbocycles. The first kappa shape index (κ1) is 18.8. The molecule has 0 aliphatic carbocycles. The third-order valence-electron chi connectivity index (χ3n) is 5.10. The Hall–Kier alpha value is -3.19. The lowest BCUT2D eigenvalue weighted by Gasteiger charge is -2.07. The summed E-state index contributed by atoms with van der Waals surface area (Å²) in [6, 6.07) is 21.1. The molecule has 0 aliphatic rings. The van der Waals surface area contributed by atoms with Gasteiger partial charge in [-0.3, -0.25) is 0 Å². The summed E-state index contributed by atoms with van der Waals surface area (Å²) >= 11 is 1.70. The predicted molar refractivity (Wildman–Crippen MR) is 125 cm³/mol. The molecule has 4 N–H and O–H groups in total. The van der Waals surface area contributed by atoms with Crippen LogP contribution in [0, 0.1) is 0 Å². The Morgan fingerprint density at radius 3 is 2.93 bits per heavy atom. The van der Waals surface area contributed by atoms with Gasteiger partial charge in [0.15, 0.2) is 0 Å². The van der Waals surface area contributed by atoms with E-state index in [1.165, 1.54) is 21.4 Å². The molecule has 0 spiro atoms. The Kier molecular flexibility index (Phi) is 5.19. The lowest BCUT2D eigenvalue weighted by atomic mass is 10.1. The fourth-order valence-electron chi connectivity index (χ4n) is 3.62. The van der Waals surface area contributed by atoms with Crippen molar-refractivity contribution in [2.24, 2.45) is 0 Å². The van der Waals surface area contributed by atoms with Gasteiger partial charge in [0.25, 0.3) is 0 Å². The highest BCUT2D eigenvalue weighted by Crippen LogP contribution is 2.37. The fourth-order valence-corrected chi connectivity index (χ4v) is 4.65. The van der Waals surface area contributed by atoms with Crippen LogP contribution in [0.5, 0.6) is 0 Å². The molecule has 0 radical (unpaired) electrons. The van der Waals surface area contributed by atoms with Crippen LogP contribution in [0.15, 0.2) is 73.1 Å². The topological polar surface area (TPSA) is 73.0 Å². The quantitative estimate of drug-likeness (QED) is 0.274. The number of H-pyrrole nitrogens is 1. The number of nitrogens with one attached hydrogen (secondary N) is 3. The van der Waals surface area contributed by atoms with Crippen LogP contribution in [-0.4, -0.2) is 28.2 Å². The lowest BCUT2D eigenvalue weighted by Crippen LogP contribution is -2.17. The summed E-state index contributed by atoms with van der Waals surface area (Å²) in [7, 11) is 0. The minimum Gasteiger partial charge on any atom is -0.395 e. The standard InChI is InChI=1S/C24H22N4OS/c29-11-10-25-15-16-2-1-3-18(12-16)23-14-20-22(7-9-27-24(20)30-23)28-19-4-5-21-17(13-19)6-8-26-21/h1-9,12-14,25-26,29H,10-11,15H2,(H,27,28). The van der Waals surface area contributed by atoms with E-state index < -0.39 is 0 Å². The van der Waals surface area contributed by atoms with Gasteiger partial charge in [0.05, 0.1) is 12.3 Å². The molecule has 30 heavy (non-hydrogen) atoms. The number of aromatic amines is 1. The molecule has 5 rings (SSSR count). The SMILES string of the molecule is OCCNCc1cccc(-c2cc3c(Nc4ccc5[nH]ccc5c4)ccnc3s2)c1. The summed E-state index contributed by atoms with van der Waals surface area (Å²) in [6.45, 7) is 1.49. The van der Waals surface area contributed by atoms with Gasteiger partial charge in [-0.15, -0.1) is 11.3 Å². The molecule has 5 aromatic rings. The first-order valence-electron chi connectivity index (χ1n) is 9.94. The summed E-state index contributed by atoms with van der Waals surface area (Å²) in [5.74, 6) is 0. The molecule has 0 aliphatic heterocycles. The minimum absolute atomic E-state index is 0.147. The van der Waals surface area contributed by atoms with E-state index in [1.807, 2.05) is 18.5 Å². The normalized spacial score (nSPS) is 11.4. The van der Waals surface area contributed by atoms with Crippen molar-refractivity contribution in [2.45, 2.75) is 6.54 Å². The number of hydrogen-bond donors (Lipinski definition) is 4. The van der Waals surface area contributed by atoms with E-state index in [0.29, 0.717) is 6.54 Å². The summed E-state index contributed by atoms with van der Waals surface area (Å²) in [4.78, 5) is 10.0. The summed E-state index contributed by atoms with van der Waals surface area (Å²) in [6.07, 6.45) is 3.81. The van der Waals surface area contributed by atoms with Gasteiger partial charge in [0, 0.05) is 52.3 Å². The van der Waals surface area contributed by atoms with Gasteiger partial charge in [-0.05, 0) is 53.6 Å². The van der Waals surface area contributed by atoms with Gasteiger partial charge >= 0.3 is 0 Å². The van der Waals surface area contributed by atoms with Crippen molar-refractivity contribution in [3.63, 3.8) is 0 Å². The Balaban J connectivity index is 1.45. The first-order chi connectivity index (χ1) is 14.8. The molecule has 0 bridgehead atoms. The third kappa shape index (κ3) is 3.80. The van der Waals surface area contributed by atoms with Gasteiger partial charge in [0.2, 0.25) is 0 Å². The monoisotopic (exact) mass is 414 g/mol. The zero-order valence-corrected chi connectivity index (χ0v) is 17.2. The van der Waals surface area contributed by atoms with Crippen molar-refractivity contribution in [1.82, 2.24) is 15.3 Å². The van der Waals surface area contributed by atoms with Crippen LogP contribution in [0.2, 0.25) is 0 Å². The molecule has 3 aromatic heterocycles. The molecule has 0 amide bonds. The van der Waals surface area contributed by atoms with E-state index in [-0.39, 0.29) is 6.61 Å². The van der Waals surface area contributed by atoms with Crippen molar-refractivity contribution in [3.8, 4) is 10.4 Å². The highest BCUT2D eigenvalue weighted by atomic mass is 32.1. The first-order valence-corrected chi connectivity index (χ1v) is 10.8. The molecule has 0 atom stereocenters. The number of hydrogen-bond acceptors (Lipinski definition) is 5. The second-order valence-electron chi connectivity index (χ2n) is 7.19.